The molecule has 0 N–H and O–H groups in total. The summed E-state index contributed by atoms with van der Waals surface area (Å²) in [5, 5.41) is 0. The summed E-state index contributed by atoms with van der Waals surface area (Å²) in [6, 6.07) is 7.34. The maximum absolute atomic E-state index is 13.8. The molecule has 0 fully saturated rings. The topological polar surface area (TPSA) is 34.4 Å². The molecular formula is C19H16F2N2OS. The molecule has 3 rings (SSSR count). The zero-order valence-corrected chi connectivity index (χ0v) is 14.7. The molecule has 0 unspecified atom stereocenters. The summed E-state index contributed by atoms with van der Waals surface area (Å²) in [7, 11) is 0. The Bertz CT molecular complexity index is 1040. The van der Waals surface area contributed by atoms with Crippen LogP contribution >= 0.6 is 11.3 Å². The predicted molar refractivity (Wildman–Crippen MR) is 95.7 cm³/mol. The van der Waals surface area contributed by atoms with Crippen molar-refractivity contribution in [3.05, 3.63) is 76.1 Å². The lowest BCUT2D eigenvalue weighted by atomic mass is 10.1. The molecule has 0 spiro atoms. The van der Waals surface area contributed by atoms with Gasteiger partial charge in [0.2, 0.25) is 0 Å². The number of hydrogen-bond donors (Lipinski definition) is 0. The quantitative estimate of drug-likeness (QED) is 0.634. The highest BCUT2D eigenvalue weighted by Gasteiger charge is 2.17. The van der Waals surface area contributed by atoms with Crippen LogP contribution in [-0.4, -0.2) is 10.5 Å². The Labute approximate surface area is 147 Å². The Balaban J connectivity index is 2.25. The number of carbonyl (C=O) groups excluding carboxylic acids is 1. The van der Waals surface area contributed by atoms with E-state index in [0.717, 1.165) is 33.5 Å². The molecule has 0 bridgehead atoms. The van der Waals surface area contributed by atoms with E-state index in [0.29, 0.717) is 11.3 Å². The first-order valence-electron chi connectivity index (χ1n) is 7.67. The maximum atomic E-state index is 13.8. The van der Waals surface area contributed by atoms with Gasteiger partial charge in [-0.25, -0.2) is 8.78 Å². The number of rotatable bonds is 3. The van der Waals surface area contributed by atoms with Crippen LogP contribution in [0.4, 0.5) is 8.78 Å². The van der Waals surface area contributed by atoms with Crippen molar-refractivity contribution in [2.75, 3.05) is 0 Å². The van der Waals surface area contributed by atoms with E-state index in [1.807, 2.05) is 30.5 Å². The van der Waals surface area contributed by atoms with Gasteiger partial charge in [-0.3, -0.25) is 4.79 Å². The zero-order valence-electron chi connectivity index (χ0n) is 13.8. The highest BCUT2D eigenvalue weighted by Crippen LogP contribution is 2.23. The Kier molecular flexibility index (Phi) is 4.63. The number of thiazole rings is 1. The number of nitrogens with zero attached hydrogens (tertiary/aromatic N) is 2. The van der Waals surface area contributed by atoms with E-state index in [-0.39, 0.29) is 0 Å². The minimum Gasteiger partial charge on any atom is -0.312 e. The first-order chi connectivity index (χ1) is 11.9. The Morgan fingerprint density at radius 3 is 2.60 bits per heavy atom. The fourth-order valence-electron chi connectivity index (χ4n) is 2.75. The fraction of sp³-hybridized carbons (Fsp3) is 0.158. The molecule has 3 aromatic rings. The van der Waals surface area contributed by atoms with Crippen LogP contribution in [-0.2, 0) is 6.54 Å². The van der Waals surface area contributed by atoms with Crippen LogP contribution < -0.4 is 4.80 Å². The smallest absolute Gasteiger partial charge is 0.285 e. The van der Waals surface area contributed by atoms with Crippen molar-refractivity contribution in [1.29, 1.82) is 0 Å². The van der Waals surface area contributed by atoms with Crippen LogP contribution in [0.15, 0.2) is 48.0 Å². The fourth-order valence-corrected chi connectivity index (χ4v) is 3.84. The first kappa shape index (κ1) is 17.2. The van der Waals surface area contributed by atoms with Crippen molar-refractivity contribution < 1.29 is 13.6 Å². The standard InChI is InChI=1S/C19H16F2N2OS/c1-4-8-23-15-10-11(2)9-12(3)17(15)25-19(23)22-18(24)16-13(20)6-5-7-14(16)21/h4-7,9-10H,1,8H2,2-3H3. The molecule has 0 radical (unpaired) electrons. The highest BCUT2D eigenvalue weighted by molar-refractivity contribution is 7.16. The molecule has 0 saturated heterocycles. The number of carbonyl (C=O) groups is 1. The summed E-state index contributed by atoms with van der Waals surface area (Å²) in [4.78, 5) is 16.7. The number of fused-ring (bicyclic) bond motifs is 1. The Morgan fingerprint density at radius 2 is 1.96 bits per heavy atom. The van der Waals surface area contributed by atoms with Gasteiger partial charge in [-0.2, -0.15) is 4.99 Å². The van der Waals surface area contributed by atoms with Gasteiger partial charge in [0.15, 0.2) is 4.80 Å². The summed E-state index contributed by atoms with van der Waals surface area (Å²) in [6.45, 7) is 8.13. The normalized spacial score (nSPS) is 11.9. The molecule has 0 aliphatic carbocycles. The Morgan fingerprint density at radius 1 is 1.28 bits per heavy atom. The minimum atomic E-state index is -0.936. The van der Waals surface area contributed by atoms with E-state index in [1.165, 1.54) is 17.4 Å². The largest absolute Gasteiger partial charge is 0.312 e. The molecule has 6 heteroatoms. The van der Waals surface area contributed by atoms with Gasteiger partial charge in [-0.15, -0.1) is 6.58 Å². The molecule has 0 aliphatic heterocycles. The van der Waals surface area contributed by atoms with Crippen molar-refractivity contribution >= 4 is 27.5 Å². The number of benzene rings is 2. The molecule has 128 valence electrons. The number of aryl methyl sites for hydroxylation is 2. The van der Waals surface area contributed by atoms with Gasteiger partial charge >= 0.3 is 0 Å². The second-order valence-corrected chi connectivity index (χ2v) is 6.71. The van der Waals surface area contributed by atoms with Gasteiger partial charge in [0.05, 0.1) is 10.2 Å². The van der Waals surface area contributed by atoms with Gasteiger partial charge in [-0.1, -0.05) is 29.5 Å². The molecule has 1 heterocycles. The lowest BCUT2D eigenvalue weighted by Gasteiger charge is -2.04. The number of halogens is 2. The van der Waals surface area contributed by atoms with E-state index in [4.69, 9.17) is 0 Å². The van der Waals surface area contributed by atoms with Crippen LogP contribution in [0.1, 0.15) is 21.5 Å². The minimum absolute atomic E-state index is 0.385. The first-order valence-corrected chi connectivity index (χ1v) is 8.48. The maximum Gasteiger partial charge on any atom is 0.285 e. The third-order valence-electron chi connectivity index (χ3n) is 3.80. The zero-order chi connectivity index (χ0) is 18.1. The number of allylic oxidation sites excluding steroid dienone is 1. The molecule has 0 saturated carbocycles. The van der Waals surface area contributed by atoms with Crippen LogP contribution in [0.2, 0.25) is 0 Å². The summed E-state index contributed by atoms with van der Waals surface area (Å²) in [5.74, 6) is -2.77. The molecule has 1 amide bonds. The molecule has 2 aromatic carbocycles. The van der Waals surface area contributed by atoms with E-state index in [1.54, 1.807) is 6.08 Å². The van der Waals surface area contributed by atoms with Crippen LogP contribution in [0.5, 0.6) is 0 Å². The van der Waals surface area contributed by atoms with E-state index in [2.05, 4.69) is 11.6 Å². The van der Waals surface area contributed by atoms with Crippen LogP contribution in [0, 0.1) is 25.5 Å². The predicted octanol–water partition coefficient (Wildman–Crippen LogP) is 4.52. The number of hydrogen-bond acceptors (Lipinski definition) is 2. The second kappa shape index (κ2) is 6.72. The monoisotopic (exact) mass is 358 g/mol. The molecule has 0 aliphatic rings. The van der Waals surface area contributed by atoms with Crippen molar-refractivity contribution in [3.8, 4) is 0 Å². The summed E-state index contributed by atoms with van der Waals surface area (Å²) >= 11 is 1.32. The molecule has 3 nitrogen and oxygen atoms in total. The van der Waals surface area contributed by atoms with E-state index >= 15 is 0 Å². The van der Waals surface area contributed by atoms with Gasteiger partial charge in [0, 0.05) is 6.54 Å². The van der Waals surface area contributed by atoms with Crippen LogP contribution in [0.3, 0.4) is 0 Å². The van der Waals surface area contributed by atoms with Gasteiger partial charge in [0.25, 0.3) is 5.91 Å². The van der Waals surface area contributed by atoms with E-state index in [9.17, 15) is 13.6 Å². The van der Waals surface area contributed by atoms with E-state index < -0.39 is 23.1 Å². The average molecular weight is 358 g/mol. The lowest BCUT2D eigenvalue weighted by Crippen LogP contribution is -2.17. The van der Waals surface area contributed by atoms with Crippen molar-refractivity contribution in [2.45, 2.75) is 20.4 Å². The van der Waals surface area contributed by atoms with Crippen molar-refractivity contribution in [2.24, 2.45) is 4.99 Å². The van der Waals surface area contributed by atoms with Gasteiger partial charge in [-0.05, 0) is 43.2 Å². The summed E-state index contributed by atoms with van der Waals surface area (Å²) < 4.78 is 30.5. The molecular weight excluding hydrogens is 342 g/mol. The van der Waals surface area contributed by atoms with Crippen molar-refractivity contribution in [3.63, 3.8) is 0 Å². The third-order valence-corrected chi connectivity index (χ3v) is 5.03. The van der Waals surface area contributed by atoms with Gasteiger partial charge in [0.1, 0.15) is 17.2 Å². The average Bonchev–Trinajstić information content (AvgIpc) is 2.86. The third kappa shape index (κ3) is 3.17. The van der Waals surface area contributed by atoms with Gasteiger partial charge < -0.3 is 4.57 Å². The summed E-state index contributed by atoms with van der Waals surface area (Å²) in [6.07, 6.45) is 1.69. The van der Waals surface area contributed by atoms with Crippen LogP contribution in [0.25, 0.3) is 10.2 Å². The SMILES string of the molecule is C=CCn1c(=NC(=O)c2c(F)cccc2F)sc2c(C)cc(C)cc21. The second-order valence-electron chi connectivity index (χ2n) is 5.73. The Hall–Kier alpha value is -2.60. The molecule has 0 atom stereocenters. The molecule has 25 heavy (non-hydrogen) atoms. The molecule has 1 aromatic heterocycles. The number of aromatic nitrogens is 1. The summed E-state index contributed by atoms with van der Waals surface area (Å²) in [5.41, 5.74) is 2.42. The lowest BCUT2D eigenvalue weighted by molar-refractivity contribution is 0.0990. The van der Waals surface area contributed by atoms with Crippen molar-refractivity contribution in [1.82, 2.24) is 4.57 Å². The number of amides is 1. The highest BCUT2D eigenvalue weighted by atomic mass is 32.1.